The first-order valence-electron chi connectivity index (χ1n) is 7.58. The molecule has 2 rings (SSSR count). The van der Waals surface area contributed by atoms with Crippen molar-refractivity contribution >= 4 is 15.7 Å². The summed E-state index contributed by atoms with van der Waals surface area (Å²) < 4.78 is 27.7. The van der Waals surface area contributed by atoms with Crippen molar-refractivity contribution in [2.24, 2.45) is 5.41 Å². The summed E-state index contributed by atoms with van der Waals surface area (Å²) in [6.07, 6.45) is 0. The molecule has 0 bridgehead atoms. The summed E-state index contributed by atoms with van der Waals surface area (Å²) in [7, 11) is -1.84. The van der Waals surface area contributed by atoms with Gasteiger partial charge in [0.25, 0.3) is 10.0 Å². The third-order valence-corrected chi connectivity index (χ3v) is 5.19. The number of nitrogens with zero attached hydrogens (tertiary/aromatic N) is 2. The second-order valence-corrected chi connectivity index (χ2v) is 8.56. The SMILES string of the molecule is CN(c1ccccc1)N(CC(C)(C)C)S(=O)(=O)c1ccccc1. The molecule has 0 aromatic heterocycles. The van der Waals surface area contributed by atoms with Crippen molar-refractivity contribution in [3.63, 3.8) is 0 Å². The van der Waals surface area contributed by atoms with Crippen molar-refractivity contribution < 1.29 is 8.42 Å². The van der Waals surface area contributed by atoms with E-state index in [9.17, 15) is 8.42 Å². The second-order valence-electron chi connectivity index (χ2n) is 6.72. The highest BCUT2D eigenvalue weighted by Gasteiger charge is 2.32. The molecule has 0 atom stereocenters. The molecule has 2 aromatic rings. The topological polar surface area (TPSA) is 40.6 Å². The van der Waals surface area contributed by atoms with Crippen LogP contribution in [0.5, 0.6) is 0 Å². The van der Waals surface area contributed by atoms with Gasteiger partial charge in [0.2, 0.25) is 0 Å². The fourth-order valence-corrected chi connectivity index (χ4v) is 3.96. The summed E-state index contributed by atoms with van der Waals surface area (Å²) >= 11 is 0. The van der Waals surface area contributed by atoms with E-state index in [1.165, 1.54) is 4.41 Å². The van der Waals surface area contributed by atoms with Crippen molar-refractivity contribution in [1.29, 1.82) is 0 Å². The van der Waals surface area contributed by atoms with Crippen molar-refractivity contribution in [2.45, 2.75) is 25.7 Å². The number of sulfonamides is 1. The van der Waals surface area contributed by atoms with Crippen molar-refractivity contribution in [2.75, 3.05) is 18.6 Å². The minimum absolute atomic E-state index is 0.176. The first-order valence-corrected chi connectivity index (χ1v) is 9.02. The van der Waals surface area contributed by atoms with Crippen LogP contribution in [-0.2, 0) is 10.0 Å². The molecule has 0 aliphatic rings. The molecule has 23 heavy (non-hydrogen) atoms. The molecule has 124 valence electrons. The standard InChI is InChI=1S/C18H24N2O2S/c1-18(2,3)15-20(19(4)16-11-7-5-8-12-16)23(21,22)17-13-9-6-10-14-17/h5-14H,15H2,1-4H3. The largest absolute Gasteiger partial charge is 0.295 e. The van der Waals surface area contributed by atoms with E-state index in [0.717, 1.165) is 5.69 Å². The lowest BCUT2D eigenvalue weighted by atomic mass is 9.97. The van der Waals surface area contributed by atoms with E-state index in [2.05, 4.69) is 0 Å². The van der Waals surface area contributed by atoms with Gasteiger partial charge >= 0.3 is 0 Å². The molecule has 0 aliphatic carbocycles. The van der Waals surface area contributed by atoms with E-state index in [4.69, 9.17) is 0 Å². The molecule has 0 saturated heterocycles. The number of hydrogen-bond donors (Lipinski definition) is 0. The average Bonchev–Trinajstić information content (AvgIpc) is 2.53. The zero-order valence-corrected chi connectivity index (χ0v) is 14.9. The number of anilines is 1. The quantitative estimate of drug-likeness (QED) is 0.783. The van der Waals surface area contributed by atoms with E-state index < -0.39 is 10.0 Å². The van der Waals surface area contributed by atoms with Gasteiger partial charge in [-0.2, -0.15) is 0 Å². The highest BCUT2D eigenvalue weighted by molar-refractivity contribution is 7.89. The average molecular weight is 332 g/mol. The number of benzene rings is 2. The van der Waals surface area contributed by atoms with Gasteiger partial charge in [0.15, 0.2) is 0 Å². The van der Waals surface area contributed by atoms with Crippen LogP contribution in [0.3, 0.4) is 0 Å². The van der Waals surface area contributed by atoms with Gasteiger partial charge in [-0.1, -0.05) is 57.2 Å². The Morgan fingerprint density at radius 3 is 1.83 bits per heavy atom. The minimum atomic E-state index is -3.62. The third kappa shape index (κ3) is 4.33. The first kappa shape index (κ1) is 17.5. The van der Waals surface area contributed by atoms with E-state index in [1.807, 2.05) is 57.2 Å². The maximum absolute atomic E-state index is 13.1. The molecule has 4 nitrogen and oxygen atoms in total. The lowest BCUT2D eigenvalue weighted by Gasteiger charge is -2.36. The Morgan fingerprint density at radius 2 is 1.35 bits per heavy atom. The predicted molar refractivity (Wildman–Crippen MR) is 94.6 cm³/mol. The van der Waals surface area contributed by atoms with Crippen molar-refractivity contribution in [3.8, 4) is 0 Å². The van der Waals surface area contributed by atoms with E-state index >= 15 is 0 Å². The van der Waals surface area contributed by atoms with E-state index in [0.29, 0.717) is 11.4 Å². The number of rotatable bonds is 5. The van der Waals surface area contributed by atoms with E-state index in [1.54, 1.807) is 36.3 Å². The summed E-state index contributed by atoms with van der Waals surface area (Å²) in [5, 5.41) is 1.70. The molecular weight excluding hydrogens is 308 g/mol. The number of hydrogen-bond acceptors (Lipinski definition) is 3. The molecule has 0 spiro atoms. The molecule has 0 fully saturated rings. The first-order chi connectivity index (χ1) is 10.7. The Bertz CT molecular complexity index is 723. The van der Waals surface area contributed by atoms with Crippen LogP contribution in [0.1, 0.15) is 20.8 Å². The zero-order valence-electron chi connectivity index (χ0n) is 14.1. The molecule has 0 radical (unpaired) electrons. The molecule has 0 N–H and O–H groups in total. The van der Waals surface area contributed by atoms with E-state index in [-0.39, 0.29) is 5.41 Å². The third-order valence-electron chi connectivity index (χ3n) is 3.39. The van der Waals surface area contributed by atoms with Crippen LogP contribution >= 0.6 is 0 Å². The monoisotopic (exact) mass is 332 g/mol. The lowest BCUT2D eigenvalue weighted by molar-refractivity contribution is 0.276. The summed E-state index contributed by atoms with van der Waals surface area (Å²) in [5.41, 5.74) is 0.654. The van der Waals surface area contributed by atoms with Gasteiger partial charge in [-0.3, -0.25) is 5.01 Å². The van der Waals surface area contributed by atoms with Gasteiger partial charge in [-0.15, -0.1) is 4.41 Å². The van der Waals surface area contributed by atoms with Gasteiger partial charge in [0.1, 0.15) is 0 Å². The van der Waals surface area contributed by atoms with Gasteiger partial charge in [0, 0.05) is 13.6 Å². The highest BCUT2D eigenvalue weighted by Crippen LogP contribution is 2.26. The maximum Gasteiger partial charge on any atom is 0.260 e. The Balaban J connectivity index is 2.46. The lowest BCUT2D eigenvalue weighted by Crippen LogP contribution is -2.48. The molecule has 0 aliphatic heterocycles. The molecule has 0 heterocycles. The van der Waals surface area contributed by atoms with Crippen LogP contribution in [0.4, 0.5) is 5.69 Å². The Kier molecular flexibility index (Phi) is 5.12. The summed E-state index contributed by atoms with van der Waals surface area (Å²) in [4.78, 5) is 0.298. The Morgan fingerprint density at radius 1 is 0.870 bits per heavy atom. The minimum Gasteiger partial charge on any atom is -0.295 e. The summed E-state index contributed by atoms with van der Waals surface area (Å²) in [6.45, 7) is 6.47. The smallest absolute Gasteiger partial charge is 0.260 e. The van der Waals surface area contributed by atoms with Crippen LogP contribution in [-0.4, -0.2) is 26.4 Å². The van der Waals surface area contributed by atoms with Crippen molar-refractivity contribution in [1.82, 2.24) is 4.41 Å². The summed E-state index contributed by atoms with van der Waals surface area (Å²) in [6, 6.07) is 18.1. The summed E-state index contributed by atoms with van der Waals surface area (Å²) in [5.74, 6) is 0. The van der Waals surface area contributed by atoms with Gasteiger partial charge < -0.3 is 0 Å². The van der Waals surface area contributed by atoms with Crippen LogP contribution in [0.2, 0.25) is 0 Å². The van der Waals surface area contributed by atoms with Crippen LogP contribution in [0.25, 0.3) is 0 Å². The van der Waals surface area contributed by atoms with Crippen LogP contribution < -0.4 is 5.01 Å². The number of para-hydroxylation sites is 1. The fourth-order valence-electron chi connectivity index (χ4n) is 2.24. The van der Waals surface area contributed by atoms with Crippen LogP contribution in [0.15, 0.2) is 65.6 Å². The molecular formula is C18H24N2O2S. The Labute approximate surface area is 139 Å². The van der Waals surface area contributed by atoms with Crippen molar-refractivity contribution in [3.05, 3.63) is 60.7 Å². The van der Waals surface area contributed by atoms with Gasteiger partial charge in [-0.25, -0.2) is 8.42 Å². The maximum atomic E-state index is 13.1. The predicted octanol–water partition coefficient (Wildman–Crippen LogP) is 3.77. The normalized spacial score (nSPS) is 12.4. The second kappa shape index (κ2) is 6.72. The van der Waals surface area contributed by atoms with Gasteiger partial charge in [0.05, 0.1) is 10.6 Å². The molecule has 2 aromatic carbocycles. The molecule has 0 amide bonds. The molecule has 0 saturated carbocycles. The highest BCUT2D eigenvalue weighted by atomic mass is 32.2. The fraction of sp³-hybridized carbons (Fsp3) is 0.333. The van der Waals surface area contributed by atoms with Gasteiger partial charge in [-0.05, 0) is 29.7 Å². The zero-order chi connectivity index (χ0) is 17.1. The Hall–Kier alpha value is -1.85. The number of hydrazine groups is 1. The molecule has 5 heteroatoms. The van der Waals surface area contributed by atoms with Crippen LogP contribution in [0, 0.1) is 5.41 Å². The molecule has 0 unspecified atom stereocenters.